The van der Waals surface area contributed by atoms with E-state index in [0.717, 1.165) is 11.1 Å². The minimum Gasteiger partial charge on any atom is -0.394 e. The van der Waals surface area contributed by atoms with Gasteiger partial charge < -0.3 is 25.4 Å². The number of aliphatic hydroxyl groups excluding tert-OH is 1. The first kappa shape index (κ1) is 26.8. The molecule has 2 aromatic rings. The summed E-state index contributed by atoms with van der Waals surface area (Å²) in [5.74, 6) is -2.57. The minimum atomic E-state index is -1.16. The number of nitrogens with one attached hydrogen (secondary N) is 2. The third-order valence-corrected chi connectivity index (χ3v) is 9.06. The number of alkyl halides is 1. The van der Waals surface area contributed by atoms with Crippen LogP contribution in [0.3, 0.4) is 0 Å². The molecule has 7 atom stereocenters. The second-order valence-electron chi connectivity index (χ2n) is 10.8. The summed E-state index contributed by atoms with van der Waals surface area (Å²) in [6, 6.07) is 17.6. The highest BCUT2D eigenvalue weighted by atomic mass is 79.9. The van der Waals surface area contributed by atoms with Crippen LogP contribution in [-0.2, 0) is 32.2 Å². The van der Waals surface area contributed by atoms with E-state index in [-0.39, 0.29) is 35.1 Å². The molecule has 3 saturated heterocycles. The minimum absolute atomic E-state index is 0.106. The van der Waals surface area contributed by atoms with Gasteiger partial charge in [-0.1, -0.05) is 90.4 Å². The lowest BCUT2D eigenvalue weighted by Gasteiger charge is -2.38. The molecule has 3 aliphatic rings. The molecule has 8 nitrogen and oxygen atoms in total. The predicted octanol–water partition coefficient (Wildman–Crippen LogP) is 2.38. The molecule has 202 valence electrons. The Hall–Kier alpha value is -2.75. The van der Waals surface area contributed by atoms with E-state index in [1.54, 1.807) is 0 Å². The van der Waals surface area contributed by atoms with Gasteiger partial charge in [-0.25, -0.2) is 0 Å². The van der Waals surface area contributed by atoms with Crippen molar-refractivity contribution in [3.8, 4) is 0 Å². The molecule has 1 spiro atoms. The molecular weight excluding hydrogens is 550 g/mol. The SMILES string of the molecule is CC(C)[C@H](CO)N1C(=O)[C@@H]2[C@@H](C(=O)NCc3ccccc3)[C@@H]3OC2(CC3Br)C1C(=O)NCc1ccccc1. The average Bonchev–Trinajstić information content (AvgIpc) is 3.51. The van der Waals surface area contributed by atoms with Gasteiger partial charge in [0.15, 0.2) is 0 Å². The standard InChI is InChI=1S/C29H34BrN3O5/c1-17(2)21(16-34)33-25(27(36)32-15-19-11-7-4-8-12-19)29-13-20(30)24(38-29)22(23(29)28(33)37)26(35)31-14-18-9-5-3-6-10-18/h3-12,17,20-25,34H,13-16H2,1-2H3,(H,31,35)(H,32,36)/t20?,21-,22+,23-,24+,25?,29?/m0/s1. The van der Waals surface area contributed by atoms with Crippen molar-refractivity contribution < 1.29 is 24.2 Å². The van der Waals surface area contributed by atoms with Crippen molar-refractivity contribution in [2.75, 3.05) is 6.61 Å². The van der Waals surface area contributed by atoms with E-state index in [1.807, 2.05) is 74.5 Å². The summed E-state index contributed by atoms with van der Waals surface area (Å²) in [7, 11) is 0. The number of hydrogen-bond donors (Lipinski definition) is 3. The van der Waals surface area contributed by atoms with Crippen molar-refractivity contribution in [1.29, 1.82) is 0 Å². The lowest BCUT2D eigenvalue weighted by molar-refractivity contribution is -0.146. The Balaban J connectivity index is 1.46. The Morgan fingerprint density at radius 3 is 2.11 bits per heavy atom. The summed E-state index contributed by atoms with van der Waals surface area (Å²) in [6.45, 7) is 4.16. The fourth-order valence-electron chi connectivity index (χ4n) is 6.43. The monoisotopic (exact) mass is 583 g/mol. The first-order chi connectivity index (χ1) is 18.3. The molecule has 2 aromatic carbocycles. The third-order valence-electron chi connectivity index (χ3n) is 8.21. The van der Waals surface area contributed by atoms with Gasteiger partial charge in [-0.3, -0.25) is 14.4 Å². The van der Waals surface area contributed by atoms with Crippen molar-refractivity contribution in [2.45, 2.75) is 62.0 Å². The van der Waals surface area contributed by atoms with Crippen molar-refractivity contribution in [2.24, 2.45) is 17.8 Å². The fourth-order valence-corrected chi connectivity index (χ4v) is 7.37. The fraction of sp³-hybridized carbons (Fsp3) is 0.483. The van der Waals surface area contributed by atoms with Crippen LogP contribution in [0.4, 0.5) is 0 Å². The summed E-state index contributed by atoms with van der Waals surface area (Å²) in [4.78, 5) is 42.9. The maximum absolute atomic E-state index is 14.1. The summed E-state index contributed by atoms with van der Waals surface area (Å²) in [5.41, 5.74) is 0.725. The number of carbonyl (C=O) groups is 3. The Morgan fingerprint density at radius 2 is 1.58 bits per heavy atom. The van der Waals surface area contributed by atoms with Gasteiger partial charge in [0.05, 0.1) is 30.6 Å². The lowest BCUT2D eigenvalue weighted by Crippen LogP contribution is -2.59. The molecule has 3 fully saturated rings. The van der Waals surface area contributed by atoms with E-state index < -0.39 is 35.6 Å². The number of aliphatic hydroxyl groups is 1. The Bertz CT molecular complexity index is 1180. The lowest BCUT2D eigenvalue weighted by atomic mass is 9.70. The van der Waals surface area contributed by atoms with Crippen LogP contribution >= 0.6 is 15.9 Å². The zero-order chi connectivity index (χ0) is 27.0. The zero-order valence-corrected chi connectivity index (χ0v) is 23.1. The van der Waals surface area contributed by atoms with Crippen molar-refractivity contribution in [3.63, 3.8) is 0 Å². The molecule has 9 heteroatoms. The molecule has 0 saturated carbocycles. The van der Waals surface area contributed by atoms with Crippen LogP contribution in [0.15, 0.2) is 60.7 Å². The quantitative estimate of drug-likeness (QED) is 0.393. The van der Waals surface area contributed by atoms with Crippen LogP contribution in [0.1, 0.15) is 31.4 Å². The number of carbonyl (C=O) groups excluding carboxylic acids is 3. The molecule has 0 aliphatic carbocycles. The molecule has 3 unspecified atom stereocenters. The van der Waals surface area contributed by atoms with Crippen molar-refractivity contribution >= 4 is 33.7 Å². The third kappa shape index (κ3) is 4.54. The molecule has 3 N–H and O–H groups in total. The second kappa shape index (κ2) is 10.8. The predicted molar refractivity (Wildman–Crippen MR) is 145 cm³/mol. The number of hydrogen-bond acceptors (Lipinski definition) is 5. The van der Waals surface area contributed by atoms with Crippen LogP contribution < -0.4 is 10.6 Å². The maximum Gasteiger partial charge on any atom is 0.246 e. The number of amides is 3. The first-order valence-electron chi connectivity index (χ1n) is 13.2. The Kier molecular flexibility index (Phi) is 7.62. The smallest absolute Gasteiger partial charge is 0.246 e. The molecule has 0 radical (unpaired) electrons. The van der Waals surface area contributed by atoms with E-state index >= 15 is 0 Å². The summed E-state index contributed by atoms with van der Waals surface area (Å²) >= 11 is 3.69. The number of halogens is 1. The van der Waals surface area contributed by atoms with Gasteiger partial charge in [0.2, 0.25) is 17.7 Å². The Labute approximate surface area is 231 Å². The van der Waals surface area contributed by atoms with Crippen LogP contribution in [0, 0.1) is 17.8 Å². The highest BCUT2D eigenvalue weighted by molar-refractivity contribution is 9.09. The van der Waals surface area contributed by atoms with Gasteiger partial charge in [0, 0.05) is 17.9 Å². The average molecular weight is 585 g/mol. The zero-order valence-electron chi connectivity index (χ0n) is 21.5. The topological polar surface area (TPSA) is 108 Å². The molecular formula is C29H34BrN3O5. The second-order valence-corrected chi connectivity index (χ2v) is 12.0. The Morgan fingerprint density at radius 1 is 1.03 bits per heavy atom. The van der Waals surface area contributed by atoms with Crippen LogP contribution in [0.25, 0.3) is 0 Å². The maximum atomic E-state index is 14.1. The normalized spacial score (nSPS) is 30.4. The van der Waals surface area contributed by atoms with E-state index in [4.69, 9.17) is 4.74 Å². The van der Waals surface area contributed by atoms with Crippen molar-refractivity contribution in [3.05, 3.63) is 71.8 Å². The number of rotatable bonds is 9. The molecule has 5 rings (SSSR count). The summed E-state index contributed by atoms with van der Waals surface area (Å²) < 4.78 is 6.53. The van der Waals surface area contributed by atoms with E-state index in [0.29, 0.717) is 19.5 Å². The molecule has 3 heterocycles. The van der Waals surface area contributed by atoms with E-state index in [1.165, 1.54) is 4.90 Å². The van der Waals surface area contributed by atoms with E-state index in [9.17, 15) is 19.5 Å². The highest BCUT2D eigenvalue weighted by Crippen LogP contribution is 2.60. The largest absolute Gasteiger partial charge is 0.394 e. The van der Waals surface area contributed by atoms with Gasteiger partial charge in [0.1, 0.15) is 11.6 Å². The molecule has 0 aromatic heterocycles. The van der Waals surface area contributed by atoms with Gasteiger partial charge in [-0.05, 0) is 23.5 Å². The molecule has 3 aliphatic heterocycles. The van der Waals surface area contributed by atoms with E-state index in [2.05, 4.69) is 26.6 Å². The molecule has 2 bridgehead atoms. The highest BCUT2D eigenvalue weighted by Gasteiger charge is 2.77. The number of fused-ring (bicyclic) bond motifs is 1. The van der Waals surface area contributed by atoms with Crippen molar-refractivity contribution in [1.82, 2.24) is 15.5 Å². The number of likely N-dealkylation sites (tertiary alicyclic amines) is 1. The van der Waals surface area contributed by atoms with Gasteiger partial charge in [-0.15, -0.1) is 0 Å². The number of ether oxygens (including phenoxy) is 1. The number of nitrogens with zero attached hydrogens (tertiary/aromatic N) is 1. The first-order valence-corrected chi connectivity index (χ1v) is 14.1. The van der Waals surface area contributed by atoms with Crippen LogP contribution in [0.5, 0.6) is 0 Å². The van der Waals surface area contributed by atoms with Gasteiger partial charge in [0.25, 0.3) is 0 Å². The molecule has 3 amide bonds. The molecule has 38 heavy (non-hydrogen) atoms. The van der Waals surface area contributed by atoms with Gasteiger partial charge >= 0.3 is 0 Å². The number of benzene rings is 2. The van der Waals surface area contributed by atoms with Crippen LogP contribution in [0.2, 0.25) is 0 Å². The summed E-state index contributed by atoms with van der Waals surface area (Å²) in [6.07, 6.45) is -0.106. The van der Waals surface area contributed by atoms with Crippen LogP contribution in [-0.4, -0.2) is 63.0 Å². The van der Waals surface area contributed by atoms with Gasteiger partial charge in [-0.2, -0.15) is 0 Å². The summed E-state index contributed by atoms with van der Waals surface area (Å²) in [5, 5.41) is 16.3.